The summed E-state index contributed by atoms with van der Waals surface area (Å²) in [4.78, 5) is 42.6. The van der Waals surface area contributed by atoms with Gasteiger partial charge in [-0.25, -0.2) is 14.7 Å². The molecule has 4 rings (SSSR count). The molecule has 0 spiro atoms. The number of aromatic amines is 2. The Labute approximate surface area is 155 Å². The number of nitro benzene ring substituents is 1. The molecule has 0 bridgehead atoms. The predicted molar refractivity (Wildman–Crippen MR) is 89.2 cm³/mol. The standard InChI is InChI=1S/C13H12N6O4.Na.H/c20-12-15-11-7-5-9(17-3-1-2-4-17)10(19(22)23)6-8(7)14-13(21)18(11)16-12;;/h5-6H,1-4H2,(H,14,21)(H,16,20);;. The normalized spacial score (nSPS) is 14.2. The summed E-state index contributed by atoms with van der Waals surface area (Å²) < 4.78 is 1.00. The van der Waals surface area contributed by atoms with Crippen molar-refractivity contribution in [2.45, 2.75) is 12.8 Å². The van der Waals surface area contributed by atoms with Crippen molar-refractivity contribution < 1.29 is 4.92 Å². The third-order valence-electron chi connectivity index (χ3n) is 4.07. The van der Waals surface area contributed by atoms with Crippen molar-refractivity contribution in [2.24, 2.45) is 0 Å². The van der Waals surface area contributed by atoms with E-state index in [1.165, 1.54) is 6.07 Å². The second-order valence-electron chi connectivity index (χ2n) is 5.46. The minimum absolute atomic E-state index is 0. The van der Waals surface area contributed by atoms with Crippen LogP contribution in [0.5, 0.6) is 0 Å². The number of anilines is 1. The second kappa shape index (κ2) is 6.04. The predicted octanol–water partition coefficient (Wildman–Crippen LogP) is -0.276. The van der Waals surface area contributed by atoms with Gasteiger partial charge in [0.05, 0.1) is 10.4 Å². The van der Waals surface area contributed by atoms with Gasteiger partial charge in [-0.1, -0.05) is 0 Å². The zero-order chi connectivity index (χ0) is 16.1. The van der Waals surface area contributed by atoms with Crippen LogP contribution in [-0.2, 0) is 0 Å². The molecule has 1 saturated heterocycles. The van der Waals surface area contributed by atoms with Crippen LogP contribution in [0.15, 0.2) is 21.7 Å². The summed E-state index contributed by atoms with van der Waals surface area (Å²) in [6.45, 7) is 1.47. The van der Waals surface area contributed by atoms with Gasteiger partial charge in [0.1, 0.15) is 5.69 Å². The van der Waals surface area contributed by atoms with E-state index in [0.29, 0.717) is 11.1 Å². The third kappa shape index (κ3) is 2.52. The summed E-state index contributed by atoms with van der Waals surface area (Å²) in [5, 5.41) is 14.2. The van der Waals surface area contributed by atoms with Gasteiger partial charge in [-0.2, -0.15) is 9.50 Å². The Morgan fingerprint density at radius 2 is 1.92 bits per heavy atom. The number of fused-ring (bicyclic) bond motifs is 3. The van der Waals surface area contributed by atoms with Crippen molar-refractivity contribution in [2.75, 3.05) is 18.0 Å². The number of H-pyrrole nitrogens is 2. The molecule has 2 aromatic heterocycles. The molecule has 1 fully saturated rings. The summed E-state index contributed by atoms with van der Waals surface area (Å²) in [7, 11) is 0. The van der Waals surface area contributed by atoms with Gasteiger partial charge < -0.3 is 9.88 Å². The van der Waals surface area contributed by atoms with E-state index >= 15 is 0 Å². The first-order chi connectivity index (χ1) is 11.0. The van der Waals surface area contributed by atoms with Gasteiger partial charge >= 0.3 is 40.9 Å². The maximum absolute atomic E-state index is 11.9. The van der Waals surface area contributed by atoms with Crippen LogP contribution < -0.4 is 16.3 Å². The van der Waals surface area contributed by atoms with Gasteiger partial charge in [-0.15, -0.1) is 0 Å². The second-order valence-corrected chi connectivity index (χ2v) is 5.46. The summed E-state index contributed by atoms with van der Waals surface area (Å²) >= 11 is 0. The summed E-state index contributed by atoms with van der Waals surface area (Å²) in [5.41, 5.74) is -0.420. The van der Waals surface area contributed by atoms with Gasteiger partial charge in [0, 0.05) is 24.5 Å². The first-order valence-electron chi connectivity index (χ1n) is 7.13. The molecule has 1 aromatic carbocycles. The number of nitrogens with zero attached hydrogens (tertiary/aromatic N) is 4. The Morgan fingerprint density at radius 1 is 1.21 bits per heavy atom. The first-order valence-corrected chi connectivity index (χ1v) is 7.13. The molecule has 0 atom stereocenters. The van der Waals surface area contributed by atoms with E-state index in [9.17, 15) is 19.7 Å². The monoisotopic (exact) mass is 340 g/mol. The molecule has 1 aliphatic heterocycles. The van der Waals surface area contributed by atoms with E-state index in [0.717, 1.165) is 30.4 Å². The molecule has 0 radical (unpaired) electrons. The number of rotatable bonds is 2. The van der Waals surface area contributed by atoms with Crippen LogP contribution in [0.4, 0.5) is 11.4 Å². The van der Waals surface area contributed by atoms with Crippen molar-refractivity contribution >= 4 is 57.5 Å². The van der Waals surface area contributed by atoms with Crippen molar-refractivity contribution in [3.05, 3.63) is 43.2 Å². The molecule has 0 aliphatic carbocycles. The molecular weight excluding hydrogens is 327 g/mol. The van der Waals surface area contributed by atoms with Gasteiger partial charge in [0.15, 0.2) is 5.65 Å². The minimum atomic E-state index is -0.649. The Kier molecular flexibility index (Phi) is 4.20. The SMILES string of the molecule is O=c1nc2c3cc(N4CCCC4)c([N+](=O)[O-])cc3[nH]c(=O)n2[nH]1.[NaH]. The van der Waals surface area contributed by atoms with Gasteiger partial charge in [-0.3, -0.25) is 10.1 Å². The zero-order valence-corrected chi connectivity index (χ0v) is 11.9. The fourth-order valence-electron chi connectivity index (χ4n) is 3.04. The van der Waals surface area contributed by atoms with Gasteiger partial charge in [-0.05, 0) is 18.9 Å². The van der Waals surface area contributed by atoms with E-state index in [1.54, 1.807) is 6.07 Å². The molecule has 0 saturated carbocycles. The molecular formula is C13H13N6NaO4. The molecule has 1 aliphatic rings. The van der Waals surface area contributed by atoms with Crippen LogP contribution in [0, 0.1) is 10.1 Å². The van der Waals surface area contributed by atoms with Crippen molar-refractivity contribution in [1.29, 1.82) is 0 Å². The van der Waals surface area contributed by atoms with Crippen LogP contribution in [0.1, 0.15) is 12.8 Å². The van der Waals surface area contributed by atoms with Crippen molar-refractivity contribution in [3.63, 3.8) is 0 Å². The maximum atomic E-state index is 11.9. The van der Waals surface area contributed by atoms with E-state index < -0.39 is 16.3 Å². The number of hydrogen-bond donors (Lipinski definition) is 2. The summed E-state index contributed by atoms with van der Waals surface area (Å²) in [6.07, 6.45) is 1.94. The number of hydrogen-bond acceptors (Lipinski definition) is 6. The van der Waals surface area contributed by atoms with E-state index in [-0.39, 0.29) is 46.4 Å². The fraction of sp³-hybridized carbons (Fsp3) is 0.308. The number of nitro groups is 1. The average Bonchev–Trinajstić information content (AvgIpc) is 3.15. The van der Waals surface area contributed by atoms with E-state index in [1.807, 2.05) is 4.90 Å². The van der Waals surface area contributed by atoms with Crippen molar-refractivity contribution in [3.8, 4) is 0 Å². The van der Waals surface area contributed by atoms with Crippen molar-refractivity contribution in [1.82, 2.24) is 19.6 Å². The van der Waals surface area contributed by atoms with Crippen LogP contribution in [0.3, 0.4) is 0 Å². The van der Waals surface area contributed by atoms with Crippen LogP contribution in [-0.4, -0.2) is 67.2 Å². The van der Waals surface area contributed by atoms with E-state index in [4.69, 9.17) is 0 Å². The molecule has 3 aromatic rings. The summed E-state index contributed by atoms with van der Waals surface area (Å²) in [5.74, 6) is 0. The quantitative estimate of drug-likeness (QED) is 0.375. The molecule has 11 heteroatoms. The molecule has 0 amide bonds. The molecule has 120 valence electrons. The average molecular weight is 340 g/mol. The zero-order valence-electron chi connectivity index (χ0n) is 11.9. The van der Waals surface area contributed by atoms with Crippen LogP contribution in [0.2, 0.25) is 0 Å². The molecule has 24 heavy (non-hydrogen) atoms. The Morgan fingerprint density at radius 3 is 2.58 bits per heavy atom. The Hall–Kier alpha value is -2.17. The summed E-state index contributed by atoms with van der Waals surface area (Å²) in [6, 6.07) is 2.94. The van der Waals surface area contributed by atoms with Crippen LogP contribution >= 0.6 is 0 Å². The Bertz CT molecular complexity index is 1060. The van der Waals surface area contributed by atoms with Gasteiger partial charge in [0.25, 0.3) is 5.69 Å². The number of aromatic nitrogens is 4. The van der Waals surface area contributed by atoms with E-state index in [2.05, 4.69) is 15.1 Å². The first kappa shape index (κ1) is 16.7. The number of nitrogens with one attached hydrogen (secondary N) is 2. The Balaban J connectivity index is 0.00000169. The molecule has 0 unspecified atom stereocenters. The number of benzene rings is 1. The third-order valence-corrected chi connectivity index (χ3v) is 4.07. The molecule has 2 N–H and O–H groups in total. The van der Waals surface area contributed by atoms with Gasteiger partial charge in [0.2, 0.25) is 0 Å². The topological polar surface area (TPSA) is 129 Å². The fourth-order valence-corrected chi connectivity index (χ4v) is 3.04. The molecule has 3 heterocycles. The molecule has 10 nitrogen and oxygen atoms in total. The van der Waals surface area contributed by atoms with Crippen LogP contribution in [0.25, 0.3) is 16.6 Å².